The van der Waals surface area contributed by atoms with Crippen molar-refractivity contribution in [2.45, 2.75) is 20.0 Å². The van der Waals surface area contributed by atoms with Crippen LogP contribution in [-0.2, 0) is 17.8 Å². The molecule has 2 aromatic rings. The third-order valence-electron chi connectivity index (χ3n) is 4.18. The summed E-state index contributed by atoms with van der Waals surface area (Å²) >= 11 is 5.38. The van der Waals surface area contributed by atoms with Crippen LogP contribution >= 0.6 is 12.2 Å². The van der Waals surface area contributed by atoms with E-state index in [1.165, 1.54) is 0 Å². The van der Waals surface area contributed by atoms with Crippen LogP contribution < -0.4 is 10.6 Å². The maximum atomic E-state index is 12.9. The molecule has 0 bridgehead atoms. The van der Waals surface area contributed by atoms with E-state index in [-0.39, 0.29) is 5.91 Å². The summed E-state index contributed by atoms with van der Waals surface area (Å²) in [6, 6.07) is 9.99. The Hall–Kier alpha value is -2.45. The molecule has 2 N–H and O–H groups in total. The maximum absolute atomic E-state index is 12.9. The van der Waals surface area contributed by atoms with E-state index in [9.17, 15) is 4.79 Å². The number of hydrogen-bond acceptors (Lipinski definition) is 4. The Kier molecular flexibility index (Phi) is 6.19. The number of morpholine rings is 1. The van der Waals surface area contributed by atoms with Crippen molar-refractivity contribution in [2.75, 3.05) is 31.6 Å². The van der Waals surface area contributed by atoms with E-state index in [0.717, 1.165) is 5.56 Å². The SMILES string of the molecule is CCn1ncc(NC(=S)NCc2ccccc2)c1C(=O)N1CCOCC1. The fourth-order valence-electron chi connectivity index (χ4n) is 2.80. The summed E-state index contributed by atoms with van der Waals surface area (Å²) < 4.78 is 7.02. The number of aryl methyl sites for hydroxylation is 1. The van der Waals surface area contributed by atoms with Gasteiger partial charge in [-0.25, -0.2) is 0 Å². The lowest BCUT2D eigenvalue weighted by molar-refractivity contribution is 0.0295. The van der Waals surface area contributed by atoms with Crippen molar-refractivity contribution in [3.8, 4) is 0 Å². The number of nitrogens with one attached hydrogen (secondary N) is 2. The lowest BCUT2D eigenvalue weighted by Crippen LogP contribution is -2.42. The van der Waals surface area contributed by atoms with Gasteiger partial charge in [0.2, 0.25) is 0 Å². The molecule has 0 saturated carbocycles. The highest BCUT2D eigenvalue weighted by Crippen LogP contribution is 2.18. The number of aromatic nitrogens is 2. The summed E-state index contributed by atoms with van der Waals surface area (Å²) in [6.07, 6.45) is 1.65. The molecule has 1 amide bonds. The van der Waals surface area contributed by atoms with Crippen LogP contribution in [0.1, 0.15) is 23.0 Å². The number of anilines is 1. The van der Waals surface area contributed by atoms with E-state index in [1.807, 2.05) is 37.3 Å². The number of carbonyl (C=O) groups excluding carboxylic acids is 1. The van der Waals surface area contributed by atoms with E-state index in [1.54, 1.807) is 15.8 Å². The Balaban J connectivity index is 1.68. The highest BCUT2D eigenvalue weighted by atomic mass is 32.1. The zero-order chi connectivity index (χ0) is 18.4. The molecule has 2 heterocycles. The van der Waals surface area contributed by atoms with Gasteiger partial charge in [0.15, 0.2) is 5.11 Å². The average molecular weight is 373 g/mol. The van der Waals surface area contributed by atoms with Crippen LogP contribution in [0.4, 0.5) is 5.69 Å². The molecule has 7 nitrogen and oxygen atoms in total. The molecule has 1 aromatic carbocycles. The average Bonchev–Trinajstić information content (AvgIpc) is 3.09. The van der Waals surface area contributed by atoms with Crippen LogP contribution in [0.5, 0.6) is 0 Å². The molecule has 0 unspecified atom stereocenters. The van der Waals surface area contributed by atoms with Gasteiger partial charge in [0.1, 0.15) is 5.69 Å². The maximum Gasteiger partial charge on any atom is 0.274 e. The Morgan fingerprint density at radius 3 is 2.69 bits per heavy atom. The van der Waals surface area contributed by atoms with Crippen LogP contribution in [0.2, 0.25) is 0 Å². The normalized spacial score (nSPS) is 14.1. The van der Waals surface area contributed by atoms with E-state index in [2.05, 4.69) is 15.7 Å². The van der Waals surface area contributed by atoms with Crippen molar-refractivity contribution in [2.24, 2.45) is 0 Å². The summed E-state index contributed by atoms with van der Waals surface area (Å²) in [7, 11) is 0. The summed E-state index contributed by atoms with van der Waals surface area (Å²) in [4.78, 5) is 14.7. The van der Waals surface area contributed by atoms with Crippen LogP contribution in [-0.4, -0.2) is 52.0 Å². The smallest absolute Gasteiger partial charge is 0.274 e. The molecule has 1 saturated heterocycles. The quantitative estimate of drug-likeness (QED) is 0.780. The number of ether oxygens (including phenoxy) is 1. The van der Waals surface area contributed by atoms with Crippen LogP contribution in [0.25, 0.3) is 0 Å². The predicted octanol–water partition coefficient (Wildman–Crippen LogP) is 1.86. The van der Waals surface area contributed by atoms with Gasteiger partial charge in [-0.1, -0.05) is 30.3 Å². The molecule has 1 aromatic heterocycles. The van der Waals surface area contributed by atoms with Crippen molar-refractivity contribution < 1.29 is 9.53 Å². The monoisotopic (exact) mass is 373 g/mol. The lowest BCUT2D eigenvalue weighted by atomic mass is 10.2. The Bertz CT molecular complexity index is 756. The van der Waals surface area contributed by atoms with Crippen LogP contribution in [0.15, 0.2) is 36.5 Å². The molecule has 8 heteroatoms. The number of hydrogen-bond donors (Lipinski definition) is 2. The van der Waals surface area contributed by atoms with Crippen molar-refractivity contribution >= 4 is 28.9 Å². The summed E-state index contributed by atoms with van der Waals surface area (Å²) in [5, 5.41) is 11.0. The minimum absolute atomic E-state index is 0.0546. The minimum Gasteiger partial charge on any atom is -0.378 e. The zero-order valence-corrected chi connectivity index (χ0v) is 15.6. The van der Waals surface area contributed by atoms with Gasteiger partial charge in [-0.15, -0.1) is 0 Å². The topological polar surface area (TPSA) is 71.4 Å². The van der Waals surface area contributed by atoms with Gasteiger partial charge in [0.25, 0.3) is 5.91 Å². The molecule has 0 aliphatic carbocycles. The van der Waals surface area contributed by atoms with Crippen LogP contribution in [0, 0.1) is 0 Å². The minimum atomic E-state index is -0.0546. The molecule has 0 radical (unpaired) electrons. The number of benzene rings is 1. The zero-order valence-electron chi connectivity index (χ0n) is 14.8. The molecule has 1 aliphatic heterocycles. The van der Waals surface area contributed by atoms with E-state index >= 15 is 0 Å². The number of rotatable bonds is 5. The van der Waals surface area contributed by atoms with Crippen molar-refractivity contribution in [3.63, 3.8) is 0 Å². The third kappa shape index (κ3) is 4.39. The highest BCUT2D eigenvalue weighted by Gasteiger charge is 2.25. The molecule has 26 heavy (non-hydrogen) atoms. The molecule has 0 atom stereocenters. The second-order valence-electron chi connectivity index (χ2n) is 5.92. The Morgan fingerprint density at radius 2 is 2.00 bits per heavy atom. The first kappa shape index (κ1) is 18.3. The van der Waals surface area contributed by atoms with Gasteiger partial charge in [-0.2, -0.15) is 5.10 Å². The predicted molar refractivity (Wildman–Crippen MR) is 104 cm³/mol. The summed E-state index contributed by atoms with van der Waals surface area (Å²) in [5.41, 5.74) is 2.28. The number of thiocarbonyl (C=S) groups is 1. The van der Waals surface area contributed by atoms with Crippen molar-refractivity contribution in [1.29, 1.82) is 0 Å². The van der Waals surface area contributed by atoms with Gasteiger partial charge in [0, 0.05) is 26.2 Å². The third-order valence-corrected chi connectivity index (χ3v) is 4.43. The molecule has 3 rings (SSSR count). The Labute approximate surface area is 158 Å². The van der Waals surface area contributed by atoms with E-state index in [0.29, 0.717) is 55.9 Å². The second-order valence-corrected chi connectivity index (χ2v) is 6.33. The summed E-state index contributed by atoms with van der Waals surface area (Å²) in [5.74, 6) is -0.0546. The molecule has 138 valence electrons. The van der Waals surface area contributed by atoms with Gasteiger partial charge in [0.05, 0.1) is 25.1 Å². The first-order valence-electron chi connectivity index (χ1n) is 8.70. The van der Waals surface area contributed by atoms with E-state index < -0.39 is 0 Å². The van der Waals surface area contributed by atoms with Gasteiger partial charge in [-0.05, 0) is 24.7 Å². The molecule has 0 spiro atoms. The number of carbonyl (C=O) groups is 1. The van der Waals surface area contributed by atoms with Crippen molar-refractivity contribution in [1.82, 2.24) is 20.0 Å². The highest BCUT2D eigenvalue weighted by molar-refractivity contribution is 7.80. The van der Waals surface area contributed by atoms with Gasteiger partial charge >= 0.3 is 0 Å². The Morgan fingerprint density at radius 1 is 1.27 bits per heavy atom. The fraction of sp³-hybridized carbons (Fsp3) is 0.389. The van der Waals surface area contributed by atoms with E-state index in [4.69, 9.17) is 17.0 Å². The molecular formula is C18H23N5O2S. The lowest BCUT2D eigenvalue weighted by Gasteiger charge is -2.27. The van der Waals surface area contributed by atoms with Gasteiger partial charge < -0.3 is 20.3 Å². The second kappa shape index (κ2) is 8.77. The summed E-state index contributed by atoms with van der Waals surface area (Å²) in [6.45, 7) is 5.48. The number of amides is 1. The largest absolute Gasteiger partial charge is 0.378 e. The first-order chi connectivity index (χ1) is 12.7. The number of nitrogens with zero attached hydrogens (tertiary/aromatic N) is 3. The molecule has 1 fully saturated rings. The van der Waals surface area contributed by atoms with Crippen molar-refractivity contribution in [3.05, 3.63) is 47.8 Å². The van der Waals surface area contributed by atoms with Gasteiger partial charge in [-0.3, -0.25) is 9.48 Å². The van der Waals surface area contributed by atoms with Crippen LogP contribution in [0.3, 0.4) is 0 Å². The molecule has 1 aliphatic rings. The first-order valence-corrected chi connectivity index (χ1v) is 9.11. The standard InChI is InChI=1S/C18H23N5O2S/c1-2-23-16(17(24)22-8-10-25-11-9-22)15(13-20-23)21-18(26)19-12-14-6-4-3-5-7-14/h3-7,13H,2,8-12H2,1H3,(H2,19,21,26). The fourth-order valence-corrected chi connectivity index (χ4v) is 2.99. The molecular weight excluding hydrogens is 350 g/mol.